The summed E-state index contributed by atoms with van der Waals surface area (Å²) in [5.41, 5.74) is 0.253. The van der Waals surface area contributed by atoms with E-state index >= 15 is 0 Å². The number of ether oxygens (including phenoxy) is 1. The summed E-state index contributed by atoms with van der Waals surface area (Å²) < 4.78 is 5.48. The van der Waals surface area contributed by atoms with Crippen LogP contribution in [0, 0.1) is 11.3 Å². The topological polar surface area (TPSA) is 50.4 Å². The fourth-order valence-corrected chi connectivity index (χ4v) is 2.64. The number of carbonyl (C=O) groups is 1. The lowest BCUT2D eigenvalue weighted by Gasteiger charge is -2.34. The van der Waals surface area contributed by atoms with Crippen LogP contribution in [-0.4, -0.2) is 38.3 Å². The van der Waals surface area contributed by atoms with Crippen LogP contribution in [0.25, 0.3) is 0 Å². The van der Waals surface area contributed by atoms with Gasteiger partial charge in [0.05, 0.1) is 0 Å². The van der Waals surface area contributed by atoms with Crippen molar-refractivity contribution >= 4 is 5.91 Å². The number of nitrogens with one attached hydrogen (secondary N) is 2. The van der Waals surface area contributed by atoms with E-state index in [2.05, 4.69) is 24.5 Å². The Morgan fingerprint density at radius 2 is 2.18 bits per heavy atom. The second-order valence-electron chi connectivity index (χ2n) is 5.84. The maximum atomic E-state index is 12.0. The van der Waals surface area contributed by atoms with Gasteiger partial charge in [0, 0.05) is 13.2 Å². The molecule has 0 saturated carbocycles. The molecule has 2 aliphatic rings. The number of carbonyl (C=O) groups excluding carboxylic acids is 1. The van der Waals surface area contributed by atoms with Crippen LogP contribution in [0.2, 0.25) is 0 Å². The number of amides is 1. The van der Waals surface area contributed by atoms with E-state index in [9.17, 15) is 4.79 Å². The summed E-state index contributed by atoms with van der Waals surface area (Å²) in [7, 11) is 0. The second-order valence-corrected chi connectivity index (χ2v) is 5.84. The zero-order valence-electron chi connectivity index (χ0n) is 10.9. The molecule has 98 valence electrons. The highest BCUT2D eigenvalue weighted by Gasteiger charge is 2.33. The molecule has 0 aromatic carbocycles. The van der Waals surface area contributed by atoms with Gasteiger partial charge in [-0.1, -0.05) is 13.8 Å². The SMILES string of the molecule is CC1CCOC1C(=O)NCC1(C)CCNCC1. The van der Waals surface area contributed by atoms with E-state index < -0.39 is 0 Å². The normalized spacial score (nSPS) is 32.4. The first-order valence-electron chi connectivity index (χ1n) is 6.71. The van der Waals surface area contributed by atoms with Crippen molar-refractivity contribution in [2.45, 2.75) is 39.2 Å². The largest absolute Gasteiger partial charge is 0.368 e. The number of piperidine rings is 1. The second kappa shape index (κ2) is 5.36. The molecule has 17 heavy (non-hydrogen) atoms. The first-order chi connectivity index (χ1) is 8.11. The Morgan fingerprint density at radius 3 is 2.76 bits per heavy atom. The van der Waals surface area contributed by atoms with E-state index in [1.54, 1.807) is 0 Å². The van der Waals surface area contributed by atoms with Gasteiger partial charge < -0.3 is 15.4 Å². The van der Waals surface area contributed by atoms with Crippen molar-refractivity contribution in [1.82, 2.24) is 10.6 Å². The van der Waals surface area contributed by atoms with Crippen LogP contribution >= 0.6 is 0 Å². The molecular formula is C13H24N2O2. The van der Waals surface area contributed by atoms with Crippen molar-refractivity contribution in [2.24, 2.45) is 11.3 Å². The van der Waals surface area contributed by atoms with E-state index in [0.717, 1.165) is 45.5 Å². The van der Waals surface area contributed by atoms with E-state index in [-0.39, 0.29) is 17.4 Å². The molecule has 0 radical (unpaired) electrons. The summed E-state index contributed by atoms with van der Waals surface area (Å²) >= 11 is 0. The molecule has 2 saturated heterocycles. The Balaban J connectivity index is 1.79. The van der Waals surface area contributed by atoms with Gasteiger partial charge in [-0.2, -0.15) is 0 Å². The van der Waals surface area contributed by atoms with Crippen LogP contribution in [-0.2, 0) is 9.53 Å². The Kier molecular flexibility index (Phi) is 4.05. The van der Waals surface area contributed by atoms with Gasteiger partial charge in [-0.25, -0.2) is 0 Å². The minimum Gasteiger partial charge on any atom is -0.368 e. The summed E-state index contributed by atoms with van der Waals surface area (Å²) in [6, 6.07) is 0. The molecule has 0 spiro atoms. The summed E-state index contributed by atoms with van der Waals surface area (Å²) in [6.45, 7) is 7.96. The molecular weight excluding hydrogens is 216 g/mol. The van der Waals surface area contributed by atoms with Crippen molar-refractivity contribution < 1.29 is 9.53 Å². The highest BCUT2D eigenvalue weighted by atomic mass is 16.5. The monoisotopic (exact) mass is 240 g/mol. The van der Waals surface area contributed by atoms with Crippen LogP contribution in [0.5, 0.6) is 0 Å². The molecule has 2 unspecified atom stereocenters. The van der Waals surface area contributed by atoms with Crippen molar-refractivity contribution in [3.05, 3.63) is 0 Å². The van der Waals surface area contributed by atoms with Gasteiger partial charge in [-0.05, 0) is 43.7 Å². The van der Waals surface area contributed by atoms with Crippen molar-refractivity contribution in [2.75, 3.05) is 26.2 Å². The Bertz CT molecular complexity index is 275. The summed E-state index contributed by atoms with van der Waals surface area (Å²) in [6.07, 6.45) is 3.04. The average molecular weight is 240 g/mol. The minimum atomic E-state index is -0.222. The predicted molar refractivity (Wildman–Crippen MR) is 66.7 cm³/mol. The molecule has 2 fully saturated rings. The van der Waals surface area contributed by atoms with E-state index in [0.29, 0.717) is 5.92 Å². The molecule has 2 heterocycles. The quantitative estimate of drug-likeness (QED) is 0.771. The molecule has 2 N–H and O–H groups in total. The van der Waals surface area contributed by atoms with Crippen LogP contribution in [0.3, 0.4) is 0 Å². The third kappa shape index (κ3) is 3.19. The third-order valence-corrected chi connectivity index (χ3v) is 4.15. The van der Waals surface area contributed by atoms with E-state index in [1.807, 2.05) is 0 Å². The van der Waals surface area contributed by atoms with E-state index in [1.165, 1.54) is 0 Å². The zero-order chi connectivity index (χ0) is 12.3. The molecule has 1 amide bonds. The van der Waals surface area contributed by atoms with Gasteiger partial charge in [0.2, 0.25) is 5.91 Å². The van der Waals surface area contributed by atoms with Gasteiger partial charge in [-0.3, -0.25) is 4.79 Å². The summed E-state index contributed by atoms with van der Waals surface area (Å²) in [5.74, 6) is 0.436. The third-order valence-electron chi connectivity index (χ3n) is 4.15. The Hall–Kier alpha value is -0.610. The molecule has 2 atom stereocenters. The fraction of sp³-hybridized carbons (Fsp3) is 0.923. The molecule has 0 aliphatic carbocycles. The van der Waals surface area contributed by atoms with Crippen LogP contribution in [0.15, 0.2) is 0 Å². The lowest BCUT2D eigenvalue weighted by molar-refractivity contribution is -0.132. The smallest absolute Gasteiger partial charge is 0.249 e. The van der Waals surface area contributed by atoms with Gasteiger partial charge in [0.1, 0.15) is 6.10 Å². The highest BCUT2D eigenvalue weighted by Crippen LogP contribution is 2.27. The first-order valence-corrected chi connectivity index (χ1v) is 6.71. The molecule has 4 nitrogen and oxygen atoms in total. The molecule has 0 aromatic heterocycles. The lowest BCUT2D eigenvalue weighted by Crippen LogP contribution is -2.46. The van der Waals surface area contributed by atoms with Gasteiger partial charge >= 0.3 is 0 Å². The van der Waals surface area contributed by atoms with Crippen molar-refractivity contribution in [3.63, 3.8) is 0 Å². The molecule has 0 aromatic rings. The molecule has 4 heteroatoms. The average Bonchev–Trinajstić information content (AvgIpc) is 2.74. The van der Waals surface area contributed by atoms with E-state index in [4.69, 9.17) is 4.74 Å². The first kappa shape index (κ1) is 12.8. The van der Waals surface area contributed by atoms with Crippen LogP contribution < -0.4 is 10.6 Å². The Labute approximate surface area is 103 Å². The zero-order valence-corrected chi connectivity index (χ0v) is 10.9. The molecule has 0 bridgehead atoms. The van der Waals surface area contributed by atoms with Crippen LogP contribution in [0.4, 0.5) is 0 Å². The molecule has 2 rings (SSSR count). The number of hydrogen-bond donors (Lipinski definition) is 2. The predicted octanol–water partition coefficient (Wildman–Crippen LogP) is 0.917. The maximum Gasteiger partial charge on any atom is 0.249 e. The highest BCUT2D eigenvalue weighted by molar-refractivity contribution is 5.81. The maximum absolute atomic E-state index is 12.0. The summed E-state index contributed by atoms with van der Waals surface area (Å²) in [5, 5.41) is 6.43. The van der Waals surface area contributed by atoms with Gasteiger partial charge in [-0.15, -0.1) is 0 Å². The Morgan fingerprint density at radius 1 is 1.47 bits per heavy atom. The summed E-state index contributed by atoms with van der Waals surface area (Å²) in [4.78, 5) is 12.0. The van der Waals surface area contributed by atoms with Crippen LogP contribution in [0.1, 0.15) is 33.1 Å². The van der Waals surface area contributed by atoms with Crippen molar-refractivity contribution in [1.29, 1.82) is 0 Å². The number of rotatable bonds is 3. The van der Waals surface area contributed by atoms with Gasteiger partial charge in [0.25, 0.3) is 0 Å². The van der Waals surface area contributed by atoms with Crippen molar-refractivity contribution in [3.8, 4) is 0 Å². The fourth-order valence-electron chi connectivity index (χ4n) is 2.64. The lowest BCUT2D eigenvalue weighted by atomic mass is 9.81. The standard InChI is InChI=1S/C13H24N2O2/c1-10-3-8-17-11(10)12(16)15-9-13(2)4-6-14-7-5-13/h10-11,14H,3-9H2,1-2H3,(H,15,16). The minimum absolute atomic E-state index is 0.0785. The van der Waals surface area contributed by atoms with Gasteiger partial charge in [0.15, 0.2) is 0 Å². The molecule has 2 aliphatic heterocycles. The number of hydrogen-bond acceptors (Lipinski definition) is 3.